The Morgan fingerprint density at radius 3 is 2.44 bits per heavy atom. The number of amides is 1. The first-order chi connectivity index (χ1) is 16.4. The lowest BCUT2D eigenvalue weighted by atomic mass is 9.97. The molecule has 2 atom stereocenters. The van der Waals surface area contributed by atoms with E-state index in [9.17, 15) is 18.0 Å². The Morgan fingerprint density at radius 2 is 1.71 bits per heavy atom. The van der Waals surface area contributed by atoms with Crippen molar-refractivity contribution in [3.8, 4) is 0 Å². The van der Waals surface area contributed by atoms with Gasteiger partial charge >= 0.3 is 5.97 Å². The Labute approximate surface area is 197 Å². The third-order valence-corrected chi connectivity index (χ3v) is 8.10. The summed E-state index contributed by atoms with van der Waals surface area (Å²) in [4.78, 5) is 25.4. The minimum atomic E-state index is -3.21. The highest BCUT2D eigenvalue weighted by molar-refractivity contribution is 7.91. The fourth-order valence-electron chi connectivity index (χ4n) is 4.52. The summed E-state index contributed by atoms with van der Waals surface area (Å²) in [6.07, 6.45) is 0.763. The van der Waals surface area contributed by atoms with Crippen LogP contribution >= 0.6 is 0 Å². The zero-order chi connectivity index (χ0) is 23.7. The summed E-state index contributed by atoms with van der Waals surface area (Å²) in [6.45, 7) is -0.479. The van der Waals surface area contributed by atoms with E-state index in [1.165, 1.54) is 5.01 Å². The second kappa shape index (κ2) is 9.02. The van der Waals surface area contributed by atoms with Gasteiger partial charge in [-0.2, -0.15) is 5.10 Å². The summed E-state index contributed by atoms with van der Waals surface area (Å²) < 4.78 is 28.5. The molecule has 1 saturated heterocycles. The van der Waals surface area contributed by atoms with Crippen molar-refractivity contribution in [1.29, 1.82) is 0 Å². The summed E-state index contributed by atoms with van der Waals surface area (Å²) in [5, 5.41) is 8.23. The number of carbonyl (C=O) groups excluding carboxylic acids is 2. The molecule has 0 bridgehead atoms. The Bertz CT molecular complexity index is 1380. The molecule has 8 heteroatoms. The van der Waals surface area contributed by atoms with Crippen molar-refractivity contribution >= 4 is 38.2 Å². The van der Waals surface area contributed by atoms with Crippen LogP contribution in [-0.2, 0) is 24.2 Å². The lowest BCUT2D eigenvalue weighted by Gasteiger charge is -2.22. The highest BCUT2D eigenvalue weighted by Gasteiger charge is 2.36. The second-order valence-corrected chi connectivity index (χ2v) is 10.9. The fraction of sp³-hybridized carbons (Fsp3) is 0.269. The van der Waals surface area contributed by atoms with Gasteiger partial charge in [0.25, 0.3) is 5.91 Å². The largest absolute Gasteiger partial charge is 0.455 e. The summed E-state index contributed by atoms with van der Waals surface area (Å²) in [7, 11) is -3.21. The van der Waals surface area contributed by atoms with E-state index in [2.05, 4.69) is 11.2 Å². The zero-order valence-corrected chi connectivity index (χ0v) is 19.3. The first-order valence-corrected chi connectivity index (χ1v) is 13.0. The van der Waals surface area contributed by atoms with E-state index in [0.717, 1.165) is 27.6 Å². The molecule has 0 radical (unpaired) electrons. The van der Waals surface area contributed by atoms with Crippen LogP contribution in [0, 0.1) is 5.92 Å². The van der Waals surface area contributed by atoms with Gasteiger partial charge in [-0.3, -0.25) is 9.59 Å². The average molecular weight is 477 g/mol. The molecule has 5 rings (SSSR count). The maximum atomic E-state index is 13.1. The number of benzene rings is 3. The first-order valence-electron chi connectivity index (χ1n) is 11.2. The molecule has 174 valence electrons. The maximum absolute atomic E-state index is 13.1. The minimum Gasteiger partial charge on any atom is -0.455 e. The average Bonchev–Trinajstić information content (AvgIpc) is 3.46. The van der Waals surface area contributed by atoms with Crippen LogP contribution < -0.4 is 0 Å². The molecule has 2 heterocycles. The standard InChI is InChI=1S/C26H24N2O5S/c29-25(16-33-26(30)22-12-13-34(31,32)17-22)28-24(19-7-2-1-3-8-19)15-23(27-28)21-11-10-18-6-4-5-9-20(18)14-21/h1-11,14,22,24H,12-13,15-17H2. The number of esters is 1. The molecule has 1 fully saturated rings. The lowest BCUT2D eigenvalue weighted by Crippen LogP contribution is -2.32. The van der Waals surface area contributed by atoms with Gasteiger partial charge in [-0.05, 0) is 34.4 Å². The van der Waals surface area contributed by atoms with Crippen molar-refractivity contribution in [3.05, 3.63) is 83.9 Å². The monoisotopic (exact) mass is 476 g/mol. The molecule has 0 spiro atoms. The molecule has 0 aromatic heterocycles. The molecule has 7 nitrogen and oxygen atoms in total. The van der Waals surface area contributed by atoms with Gasteiger partial charge in [0.2, 0.25) is 0 Å². The van der Waals surface area contributed by atoms with E-state index >= 15 is 0 Å². The summed E-state index contributed by atoms with van der Waals surface area (Å²) in [5.41, 5.74) is 2.65. The van der Waals surface area contributed by atoms with Crippen LogP contribution in [0.3, 0.4) is 0 Å². The summed E-state index contributed by atoms with van der Waals surface area (Å²) in [5.74, 6) is -2.05. The van der Waals surface area contributed by atoms with Gasteiger partial charge in [-0.25, -0.2) is 13.4 Å². The van der Waals surface area contributed by atoms with E-state index in [0.29, 0.717) is 6.42 Å². The lowest BCUT2D eigenvalue weighted by molar-refractivity contribution is -0.155. The van der Waals surface area contributed by atoms with E-state index in [1.807, 2.05) is 66.7 Å². The van der Waals surface area contributed by atoms with Gasteiger partial charge < -0.3 is 4.74 Å². The Kier molecular flexibility index (Phi) is 5.91. The number of carbonyl (C=O) groups is 2. The molecule has 3 aromatic carbocycles. The van der Waals surface area contributed by atoms with Crippen LogP contribution in [0.1, 0.15) is 30.0 Å². The van der Waals surface area contributed by atoms with Crippen molar-refractivity contribution in [2.45, 2.75) is 18.9 Å². The topological polar surface area (TPSA) is 93.1 Å². The van der Waals surface area contributed by atoms with Crippen LogP contribution in [0.25, 0.3) is 10.8 Å². The predicted molar refractivity (Wildman–Crippen MR) is 129 cm³/mol. The first kappa shape index (κ1) is 22.3. The molecular weight excluding hydrogens is 452 g/mol. The summed E-state index contributed by atoms with van der Waals surface area (Å²) in [6, 6.07) is 23.4. The SMILES string of the molecule is O=C(OCC(=O)N1N=C(c2ccc3ccccc3c2)CC1c1ccccc1)C1CCS(=O)(=O)C1. The number of fused-ring (bicyclic) bond motifs is 1. The molecule has 2 unspecified atom stereocenters. The van der Waals surface area contributed by atoms with Crippen molar-refractivity contribution in [3.63, 3.8) is 0 Å². The molecule has 34 heavy (non-hydrogen) atoms. The van der Waals surface area contributed by atoms with Gasteiger partial charge in [0, 0.05) is 6.42 Å². The smallest absolute Gasteiger partial charge is 0.310 e. The second-order valence-electron chi connectivity index (χ2n) is 8.69. The highest BCUT2D eigenvalue weighted by atomic mass is 32.2. The number of rotatable bonds is 5. The minimum absolute atomic E-state index is 0.0255. The van der Waals surface area contributed by atoms with Crippen LogP contribution in [0.5, 0.6) is 0 Å². The van der Waals surface area contributed by atoms with Gasteiger partial charge in [0.05, 0.1) is 29.2 Å². The van der Waals surface area contributed by atoms with Gasteiger partial charge in [0.15, 0.2) is 16.4 Å². The molecular formula is C26H24N2O5S. The quantitative estimate of drug-likeness (QED) is 0.526. The molecule has 0 saturated carbocycles. The van der Waals surface area contributed by atoms with E-state index in [-0.39, 0.29) is 24.0 Å². The molecule has 2 aliphatic rings. The number of nitrogens with zero attached hydrogens (tertiary/aromatic N) is 2. The molecule has 2 aliphatic heterocycles. The van der Waals surface area contributed by atoms with Crippen LogP contribution in [0.2, 0.25) is 0 Å². The summed E-state index contributed by atoms with van der Waals surface area (Å²) >= 11 is 0. The normalized spacial score (nSPS) is 21.4. The van der Waals surface area contributed by atoms with Crippen LogP contribution in [0.4, 0.5) is 0 Å². The van der Waals surface area contributed by atoms with Gasteiger partial charge in [0.1, 0.15) is 0 Å². The number of hydrogen-bond acceptors (Lipinski definition) is 6. The number of hydrazone groups is 1. The number of sulfone groups is 1. The van der Waals surface area contributed by atoms with Crippen molar-refractivity contribution < 1.29 is 22.7 Å². The van der Waals surface area contributed by atoms with E-state index < -0.39 is 34.2 Å². The number of ether oxygens (including phenoxy) is 1. The van der Waals surface area contributed by atoms with Crippen molar-refractivity contribution in [2.24, 2.45) is 11.0 Å². The Balaban J connectivity index is 1.37. The van der Waals surface area contributed by atoms with Crippen LogP contribution in [0.15, 0.2) is 77.9 Å². The van der Waals surface area contributed by atoms with Crippen molar-refractivity contribution in [1.82, 2.24) is 5.01 Å². The number of hydrogen-bond donors (Lipinski definition) is 0. The molecule has 3 aromatic rings. The Hall–Kier alpha value is -3.52. The third kappa shape index (κ3) is 4.59. The molecule has 0 aliphatic carbocycles. The third-order valence-electron chi connectivity index (χ3n) is 6.34. The molecule has 1 amide bonds. The fourth-order valence-corrected chi connectivity index (χ4v) is 6.24. The van der Waals surface area contributed by atoms with Gasteiger partial charge in [-0.1, -0.05) is 66.7 Å². The van der Waals surface area contributed by atoms with Crippen LogP contribution in [-0.4, -0.2) is 49.1 Å². The molecule has 0 N–H and O–H groups in total. The van der Waals surface area contributed by atoms with Gasteiger partial charge in [-0.15, -0.1) is 0 Å². The zero-order valence-electron chi connectivity index (χ0n) is 18.5. The maximum Gasteiger partial charge on any atom is 0.310 e. The van der Waals surface area contributed by atoms with E-state index in [1.54, 1.807) is 0 Å². The highest BCUT2D eigenvalue weighted by Crippen LogP contribution is 2.33. The predicted octanol–water partition coefficient (Wildman–Crippen LogP) is 3.50. The Morgan fingerprint density at radius 1 is 0.971 bits per heavy atom. The van der Waals surface area contributed by atoms with Crippen molar-refractivity contribution in [2.75, 3.05) is 18.1 Å². The van der Waals surface area contributed by atoms with E-state index in [4.69, 9.17) is 4.74 Å².